The average molecular weight is 814 g/mol. The number of aliphatic hydroxyl groups excluding tert-OH is 1. The minimum atomic E-state index is -0.931. The first-order valence-corrected chi connectivity index (χ1v) is 21.8. The van der Waals surface area contributed by atoms with Crippen LogP contribution >= 0.6 is 0 Å². The number of quaternary nitrogens is 1. The number of esters is 5. The molecule has 0 aliphatic rings. The van der Waals surface area contributed by atoms with Gasteiger partial charge >= 0.3 is 29.8 Å². The second-order valence-corrected chi connectivity index (χ2v) is 16.6. The van der Waals surface area contributed by atoms with E-state index in [2.05, 4.69) is 25.2 Å². The van der Waals surface area contributed by atoms with Gasteiger partial charge in [-0.3, -0.25) is 24.5 Å². The largest absolute Gasteiger partial charge is 0.464 e. The maximum Gasteiger partial charge on any atom is 0.362 e. The zero-order valence-electron chi connectivity index (χ0n) is 37.0. The summed E-state index contributed by atoms with van der Waals surface area (Å²) in [4.78, 5) is 60.4. The molecule has 0 bridgehead atoms. The van der Waals surface area contributed by atoms with Crippen molar-refractivity contribution in [2.45, 2.75) is 194 Å². The lowest BCUT2D eigenvalue weighted by molar-refractivity contribution is -0.883. The first kappa shape index (κ1) is 54.0. The molecular formula is C44H81N2O11+. The van der Waals surface area contributed by atoms with E-state index in [-0.39, 0.29) is 50.6 Å². The number of aliphatic hydroxyl groups is 1. The molecule has 0 rings (SSSR count). The van der Waals surface area contributed by atoms with Crippen molar-refractivity contribution >= 4 is 29.8 Å². The van der Waals surface area contributed by atoms with Crippen molar-refractivity contribution in [2.24, 2.45) is 0 Å². The lowest BCUT2D eigenvalue weighted by atomic mass is 10.0. The van der Waals surface area contributed by atoms with Gasteiger partial charge in [-0.1, -0.05) is 96.6 Å². The Bertz CT molecular complexity index is 1140. The number of nitrogens with one attached hydrogen (secondary N) is 1. The predicted molar refractivity (Wildman–Crippen MR) is 222 cm³/mol. The Labute approximate surface area is 344 Å². The molecule has 0 amide bonds. The van der Waals surface area contributed by atoms with Crippen molar-refractivity contribution in [3.05, 3.63) is 12.2 Å². The molecule has 0 fully saturated rings. The Kier molecular flexibility index (Phi) is 31.1. The van der Waals surface area contributed by atoms with Gasteiger partial charge in [0.15, 0.2) is 6.54 Å². The van der Waals surface area contributed by atoms with E-state index in [4.69, 9.17) is 23.7 Å². The molecule has 0 saturated carbocycles. The smallest absolute Gasteiger partial charge is 0.362 e. The molecule has 0 radical (unpaired) electrons. The molecule has 2 N–H and O–H groups in total. The van der Waals surface area contributed by atoms with Crippen LogP contribution in [0.2, 0.25) is 0 Å². The second kappa shape index (κ2) is 32.9. The summed E-state index contributed by atoms with van der Waals surface area (Å²) in [5.74, 6) is -2.04. The number of hydrogen-bond acceptors (Lipinski definition) is 12. The molecule has 0 heterocycles. The van der Waals surface area contributed by atoms with Crippen LogP contribution in [0.3, 0.4) is 0 Å². The molecule has 0 spiro atoms. The van der Waals surface area contributed by atoms with Gasteiger partial charge in [0.2, 0.25) is 6.29 Å². The number of carbonyl (C=O) groups excluding carboxylic acids is 5. The highest BCUT2D eigenvalue weighted by Gasteiger charge is 2.28. The third kappa shape index (κ3) is 33.6. The number of unbranched alkanes of at least 4 members (excludes halogenated alkanes) is 13. The molecule has 0 aromatic rings. The van der Waals surface area contributed by atoms with Gasteiger partial charge < -0.3 is 33.3 Å². The molecule has 332 valence electrons. The van der Waals surface area contributed by atoms with Crippen LogP contribution < -0.4 is 5.32 Å². The molecule has 0 aliphatic carbocycles. The van der Waals surface area contributed by atoms with Gasteiger partial charge in [-0.15, -0.1) is 0 Å². The van der Waals surface area contributed by atoms with Gasteiger partial charge in [-0.05, 0) is 58.8 Å². The minimum absolute atomic E-state index is 0.107. The quantitative estimate of drug-likeness (QED) is 0.0159. The van der Waals surface area contributed by atoms with E-state index in [9.17, 15) is 29.1 Å². The van der Waals surface area contributed by atoms with E-state index < -0.39 is 36.0 Å². The SMILES string of the molecule is CCCCCCCCCC(OC(=O)CCCCCCCC=CCC(O)C(CCCCC)OC(=O)C[N+](C)(C)CCOC(C)=O)OC(=O)CNC(C)(C)COC(C)=O. The Balaban J connectivity index is 4.66. The second-order valence-electron chi connectivity index (χ2n) is 16.6. The molecule has 0 aromatic carbocycles. The molecule has 3 atom stereocenters. The topological polar surface area (TPSA) is 164 Å². The van der Waals surface area contributed by atoms with Crippen LogP contribution in [0, 0.1) is 0 Å². The van der Waals surface area contributed by atoms with E-state index in [1.165, 1.54) is 39.5 Å². The number of rotatable bonds is 36. The van der Waals surface area contributed by atoms with Crippen molar-refractivity contribution in [3.63, 3.8) is 0 Å². The maximum absolute atomic E-state index is 12.8. The van der Waals surface area contributed by atoms with E-state index in [1.807, 2.05) is 34.0 Å². The number of allylic oxidation sites excluding steroid dienone is 1. The van der Waals surface area contributed by atoms with E-state index in [0.29, 0.717) is 36.7 Å². The van der Waals surface area contributed by atoms with Gasteiger partial charge in [0.25, 0.3) is 0 Å². The highest BCUT2D eigenvalue weighted by Crippen LogP contribution is 2.17. The first-order valence-electron chi connectivity index (χ1n) is 21.8. The van der Waals surface area contributed by atoms with Crippen molar-refractivity contribution < 1.29 is 57.2 Å². The van der Waals surface area contributed by atoms with Crippen molar-refractivity contribution in [2.75, 3.05) is 46.9 Å². The summed E-state index contributed by atoms with van der Waals surface area (Å²) < 4.78 is 27.4. The molecule has 13 heteroatoms. The number of carbonyl (C=O) groups is 5. The van der Waals surface area contributed by atoms with Crippen LogP contribution in [-0.4, -0.2) is 110 Å². The molecular weight excluding hydrogens is 732 g/mol. The van der Waals surface area contributed by atoms with Crippen LogP contribution in [0.4, 0.5) is 0 Å². The maximum atomic E-state index is 12.8. The van der Waals surface area contributed by atoms with Gasteiger partial charge in [0.05, 0.1) is 26.7 Å². The molecule has 13 nitrogen and oxygen atoms in total. The van der Waals surface area contributed by atoms with Crippen molar-refractivity contribution in [3.8, 4) is 0 Å². The third-order valence-electron chi connectivity index (χ3n) is 9.58. The van der Waals surface area contributed by atoms with Crippen LogP contribution in [-0.2, 0) is 47.7 Å². The van der Waals surface area contributed by atoms with Gasteiger partial charge in [0, 0.05) is 32.2 Å². The fourth-order valence-electron chi connectivity index (χ4n) is 6.01. The lowest BCUT2D eigenvalue weighted by Gasteiger charge is -2.30. The van der Waals surface area contributed by atoms with Gasteiger partial charge in [0.1, 0.15) is 25.9 Å². The van der Waals surface area contributed by atoms with Crippen molar-refractivity contribution in [1.82, 2.24) is 5.32 Å². The van der Waals surface area contributed by atoms with Gasteiger partial charge in [-0.25, -0.2) is 4.79 Å². The standard InChI is InChI=1S/C44H81N2O11/c1-9-11-13-14-17-22-26-30-43(57-41(51)33-45-44(5,6)35-54-37(4)48)56-40(50)29-25-21-19-16-15-18-20-24-27-38(49)39(28-23-12-10-2)55-42(52)34-46(7,8)31-32-53-36(3)47/h20,24,38-39,43,45,49H,9-19,21-23,25-35H2,1-8H3/q+1. The monoisotopic (exact) mass is 814 g/mol. The van der Waals surface area contributed by atoms with Crippen LogP contribution in [0.25, 0.3) is 0 Å². The van der Waals surface area contributed by atoms with E-state index >= 15 is 0 Å². The Morgan fingerprint density at radius 2 is 1.25 bits per heavy atom. The average Bonchev–Trinajstić information content (AvgIpc) is 3.12. The summed E-state index contributed by atoms with van der Waals surface area (Å²) in [6, 6.07) is 0. The Hall–Kier alpha value is -3.03. The highest BCUT2D eigenvalue weighted by molar-refractivity contribution is 5.73. The zero-order chi connectivity index (χ0) is 43.0. The molecule has 3 unspecified atom stereocenters. The predicted octanol–water partition coefficient (Wildman–Crippen LogP) is 7.64. The summed E-state index contributed by atoms with van der Waals surface area (Å²) in [7, 11) is 3.75. The molecule has 57 heavy (non-hydrogen) atoms. The van der Waals surface area contributed by atoms with Crippen LogP contribution in [0.5, 0.6) is 0 Å². The Morgan fingerprint density at radius 3 is 1.89 bits per heavy atom. The summed E-state index contributed by atoms with van der Waals surface area (Å²) >= 11 is 0. The number of hydrogen-bond donors (Lipinski definition) is 2. The van der Waals surface area contributed by atoms with Gasteiger partial charge in [-0.2, -0.15) is 0 Å². The summed E-state index contributed by atoms with van der Waals surface area (Å²) in [5.41, 5.74) is -0.627. The third-order valence-corrected chi connectivity index (χ3v) is 9.58. The fraction of sp³-hybridized carbons (Fsp3) is 0.841. The Morgan fingerprint density at radius 1 is 0.684 bits per heavy atom. The fourth-order valence-corrected chi connectivity index (χ4v) is 6.01. The number of likely N-dealkylation sites (N-methyl/N-ethyl adjacent to an activating group) is 1. The minimum Gasteiger partial charge on any atom is -0.464 e. The molecule has 0 aromatic heterocycles. The summed E-state index contributed by atoms with van der Waals surface area (Å²) in [6.07, 6.45) is 19.4. The van der Waals surface area contributed by atoms with Crippen LogP contribution in [0.15, 0.2) is 12.2 Å². The number of nitrogens with zero attached hydrogens (tertiary/aromatic N) is 1. The van der Waals surface area contributed by atoms with Crippen molar-refractivity contribution in [1.29, 1.82) is 0 Å². The summed E-state index contributed by atoms with van der Waals surface area (Å²) in [5, 5.41) is 13.9. The van der Waals surface area contributed by atoms with Crippen LogP contribution in [0.1, 0.15) is 170 Å². The first-order chi connectivity index (χ1) is 27.0. The molecule has 0 aliphatic heterocycles. The number of ether oxygens (including phenoxy) is 5. The lowest BCUT2D eigenvalue weighted by Crippen LogP contribution is -2.47. The van der Waals surface area contributed by atoms with E-state index in [1.54, 1.807) is 0 Å². The highest BCUT2D eigenvalue weighted by atomic mass is 16.7. The summed E-state index contributed by atoms with van der Waals surface area (Å²) in [6.45, 7) is 11.4. The zero-order valence-corrected chi connectivity index (χ0v) is 37.0. The van der Waals surface area contributed by atoms with E-state index in [0.717, 1.165) is 70.6 Å². The normalized spacial score (nSPS) is 13.5. The molecule has 0 saturated heterocycles.